The molecule has 1 atom stereocenters. The number of aryl methyl sites for hydroxylation is 1. The summed E-state index contributed by atoms with van der Waals surface area (Å²) < 4.78 is 26.6. The van der Waals surface area contributed by atoms with Crippen LogP contribution in [0.4, 0.5) is 8.78 Å². The highest BCUT2D eigenvalue weighted by atomic mass is 32.1. The number of amides is 2. The second-order valence-electron chi connectivity index (χ2n) is 5.94. The maximum absolute atomic E-state index is 13.5. The summed E-state index contributed by atoms with van der Waals surface area (Å²) in [5.74, 6) is -2.36. The van der Waals surface area contributed by atoms with Gasteiger partial charge in [-0.1, -0.05) is 6.92 Å². The van der Waals surface area contributed by atoms with Crippen molar-refractivity contribution in [3.8, 4) is 0 Å². The van der Waals surface area contributed by atoms with E-state index in [-0.39, 0.29) is 0 Å². The van der Waals surface area contributed by atoms with Crippen LogP contribution in [0.15, 0.2) is 24.3 Å². The van der Waals surface area contributed by atoms with Gasteiger partial charge in [-0.05, 0) is 55.0 Å². The van der Waals surface area contributed by atoms with E-state index in [1.807, 2.05) is 6.07 Å². The zero-order valence-electron chi connectivity index (χ0n) is 13.0. The van der Waals surface area contributed by atoms with E-state index >= 15 is 0 Å². The first-order valence-electron chi connectivity index (χ1n) is 7.61. The molecular weight excluding hydrogens is 334 g/mol. The molecule has 1 unspecified atom stereocenters. The fourth-order valence-corrected chi connectivity index (χ4v) is 3.84. The van der Waals surface area contributed by atoms with E-state index in [1.54, 1.807) is 0 Å². The molecule has 0 fully saturated rings. The normalized spacial score (nSPS) is 16.4. The number of hydrazine groups is 1. The van der Waals surface area contributed by atoms with E-state index in [0.717, 1.165) is 37.5 Å². The summed E-state index contributed by atoms with van der Waals surface area (Å²) in [4.78, 5) is 25.7. The van der Waals surface area contributed by atoms with Crippen molar-refractivity contribution in [1.82, 2.24) is 10.9 Å². The fraction of sp³-hybridized carbons (Fsp3) is 0.294. The molecule has 0 bridgehead atoms. The van der Waals surface area contributed by atoms with E-state index in [0.29, 0.717) is 10.8 Å². The molecule has 0 saturated heterocycles. The average Bonchev–Trinajstić information content (AvgIpc) is 2.97. The standard InChI is InChI=1S/C17H16F2N2O2S/c1-9-2-5-14-10(6-9)7-15(24-14)17(23)21-20-16(22)12-8-11(18)3-4-13(12)19/h3-4,7-9H,2,5-6H2,1H3,(H,20,22)(H,21,23). The molecule has 1 aromatic heterocycles. The quantitative estimate of drug-likeness (QED) is 0.817. The van der Waals surface area contributed by atoms with Crippen LogP contribution in [-0.2, 0) is 12.8 Å². The molecule has 0 saturated carbocycles. The van der Waals surface area contributed by atoms with Gasteiger partial charge in [-0.2, -0.15) is 0 Å². The van der Waals surface area contributed by atoms with E-state index in [4.69, 9.17) is 0 Å². The molecule has 24 heavy (non-hydrogen) atoms. The van der Waals surface area contributed by atoms with Crippen LogP contribution in [0, 0.1) is 17.6 Å². The van der Waals surface area contributed by atoms with Crippen LogP contribution in [0.1, 0.15) is 43.8 Å². The van der Waals surface area contributed by atoms with Crippen molar-refractivity contribution in [3.63, 3.8) is 0 Å². The van der Waals surface area contributed by atoms with Gasteiger partial charge in [-0.3, -0.25) is 20.4 Å². The number of carbonyl (C=O) groups excluding carboxylic acids is 2. The van der Waals surface area contributed by atoms with Crippen molar-refractivity contribution in [1.29, 1.82) is 0 Å². The van der Waals surface area contributed by atoms with E-state index in [1.165, 1.54) is 21.8 Å². The number of hydrogen-bond acceptors (Lipinski definition) is 3. The SMILES string of the molecule is CC1CCc2sc(C(=O)NNC(=O)c3cc(F)ccc3F)cc2C1. The molecule has 1 aliphatic carbocycles. The second-order valence-corrected chi connectivity index (χ2v) is 7.08. The number of hydrogen-bond donors (Lipinski definition) is 2. The number of rotatable bonds is 2. The molecule has 2 aromatic rings. The monoisotopic (exact) mass is 350 g/mol. The minimum atomic E-state index is -0.907. The van der Waals surface area contributed by atoms with E-state index < -0.39 is 29.0 Å². The zero-order chi connectivity index (χ0) is 17.3. The van der Waals surface area contributed by atoms with Crippen LogP contribution in [0.3, 0.4) is 0 Å². The number of halogens is 2. The molecule has 0 aliphatic heterocycles. The lowest BCUT2D eigenvalue weighted by molar-refractivity contribution is 0.0846. The number of nitrogens with one attached hydrogen (secondary N) is 2. The second kappa shape index (κ2) is 6.68. The van der Waals surface area contributed by atoms with Crippen LogP contribution in [0.5, 0.6) is 0 Å². The number of benzene rings is 1. The topological polar surface area (TPSA) is 58.2 Å². The Balaban J connectivity index is 1.65. The van der Waals surface area contributed by atoms with Crippen molar-refractivity contribution in [3.05, 3.63) is 56.8 Å². The molecule has 0 radical (unpaired) electrons. The maximum atomic E-state index is 13.5. The van der Waals surface area contributed by atoms with Crippen LogP contribution in [0.25, 0.3) is 0 Å². The van der Waals surface area contributed by atoms with Crippen LogP contribution in [0.2, 0.25) is 0 Å². The Morgan fingerprint density at radius 2 is 1.92 bits per heavy atom. The third-order valence-corrected chi connectivity index (χ3v) is 5.25. The molecule has 126 valence electrons. The highest BCUT2D eigenvalue weighted by molar-refractivity contribution is 7.14. The smallest absolute Gasteiger partial charge is 0.267 e. The fourth-order valence-electron chi connectivity index (χ4n) is 2.73. The molecule has 4 nitrogen and oxygen atoms in total. The molecule has 0 spiro atoms. The lowest BCUT2D eigenvalue weighted by Gasteiger charge is -2.16. The lowest BCUT2D eigenvalue weighted by Crippen LogP contribution is -2.41. The molecule has 7 heteroatoms. The molecule has 1 aromatic carbocycles. The van der Waals surface area contributed by atoms with E-state index in [9.17, 15) is 18.4 Å². The molecule has 3 rings (SSSR count). The van der Waals surface area contributed by atoms with Gasteiger partial charge in [0.15, 0.2) is 0 Å². The summed E-state index contributed by atoms with van der Waals surface area (Å²) in [7, 11) is 0. The number of thiophene rings is 1. The Kier molecular flexibility index (Phi) is 4.62. The minimum Gasteiger partial charge on any atom is -0.267 e. The number of fused-ring (bicyclic) bond motifs is 1. The Bertz CT molecular complexity index is 804. The third kappa shape index (κ3) is 3.46. The van der Waals surface area contributed by atoms with Gasteiger partial charge in [0.1, 0.15) is 11.6 Å². The highest BCUT2D eigenvalue weighted by Gasteiger charge is 2.21. The van der Waals surface area contributed by atoms with E-state index in [2.05, 4.69) is 17.8 Å². The first-order valence-corrected chi connectivity index (χ1v) is 8.43. The van der Waals surface area contributed by atoms with Crippen molar-refractivity contribution in [2.24, 2.45) is 5.92 Å². The zero-order valence-corrected chi connectivity index (χ0v) is 13.8. The van der Waals surface area contributed by atoms with Gasteiger partial charge in [0, 0.05) is 4.88 Å². The summed E-state index contributed by atoms with van der Waals surface area (Å²) in [6.07, 6.45) is 3.00. The van der Waals surface area contributed by atoms with Crippen molar-refractivity contribution in [2.75, 3.05) is 0 Å². The third-order valence-electron chi connectivity index (χ3n) is 4.02. The van der Waals surface area contributed by atoms with Crippen LogP contribution >= 0.6 is 11.3 Å². The Hall–Kier alpha value is -2.28. The van der Waals surface area contributed by atoms with Crippen LogP contribution < -0.4 is 10.9 Å². The molecular formula is C17H16F2N2O2S. The van der Waals surface area contributed by atoms with Gasteiger partial charge in [0.25, 0.3) is 11.8 Å². The maximum Gasteiger partial charge on any atom is 0.279 e. The molecule has 2 N–H and O–H groups in total. The van der Waals surface area contributed by atoms with Crippen molar-refractivity contribution in [2.45, 2.75) is 26.2 Å². The van der Waals surface area contributed by atoms with Crippen molar-refractivity contribution >= 4 is 23.2 Å². The van der Waals surface area contributed by atoms with Crippen LogP contribution in [-0.4, -0.2) is 11.8 Å². The van der Waals surface area contributed by atoms with Gasteiger partial charge in [0.2, 0.25) is 0 Å². The van der Waals surface area contributed by atoms with Gasteiger partial charge < -0.3 is 0 Å². The summed E-state index contributed by atoms with van der Waals surface area (Å²) in [6.45, 7) is 2.17. The number of carbonyl (C=O) groups is 2. The van der Waals surface area contributed by atoms with Gasteiger partial charge in [-0.25, -0.2) is 8.78 Å². The largest absolute Gasteiger partial charge is 0.279 e. The van der Waals surface area contributed by atoms with Gasteiger partial charge >= 0.3 is 0 Å². The van der Waals surface area contributed by atoms with Crippen molar-refractivity contribution < 1.29 is 18.4 Å². The first kappa shape index (κ1) is 16.6. The minimum absolute atomic E-state index is 0.463. The first-order chi connectivity index (χ1) is 11.4. The lowest BCUT2D eigenvalue weighted by atomic mass is 9.90. The average molecular weight is 350 g/mol. The Labute approximate surface area is 141 Å². The predicted octanol–water partition coefficient (Wildman–Crippen LogP) is 3.23. The molecule has 1 heterocycles. The molecule has 2 amide bonds. The summed E-state index contributed by atoms with van der Waals surface area (Å²) in [5.41, 5.74) is 5.07. The van der Waals surface area contributed by atoms with Gasteiger partial charge in [-0.15, -0.1) is 11.3 Å². The Morgan fingerprint density at radius 3 is 2.71 bits per heavy atom. The van der Waals surface area contributed by atoms with Gasteiger partial charge in [0.05, 0.1) is 10.4 Å². The summed E-state index contributed by atoms with van der Waals surface area (Å²) in [5, 5.41) is 0. The predicted molar refractivity (Wildman–Crippen MR) is 86.8 cm³/mol. The summed E-state index contributed by atoms with van der Waals surface area (Å²) >= 11 is 1.40. The Morgan fingerprint density at radius 1 is 1.17 bits per heavy atom. The highest BCUT2D eigenvalue weighted by Crippen LogP contribution is 2.32. The molecule has 1 aliphatic rings. The summed E-state index contributed by atoms with van der Waals surface area (Å²) in [6, 6.07) is 4.39.